The fraction of sp³-hybridized carbons (Fsp3) is 0.217. The lowest BCUT2D eigenvalue weighted by Gasteiger charge is -2.13. The number of fused-ring (bicyclic) bond motifs is 1. The molecule has 3 aromatic rings. The molecule has 29 heavy (non-hydrogen) atoms. The topological polar surface area (TPSA) is 91.4 Å². The van der Waals surface area contributed by atoms with Gasteiger partial charge in [0.15, 0.2) is 5.76 Å². The highest BCUT2D eigenvalue weighted by molar-refractivity contribution is 5.98. The van der Waals surface area contributed by atoms with Gasteiger partial charge in [-0.15, -0.1) is 0 Å². The Bertz CT molecular complexity index is 1110. The summed E-state index contributed by atoms with van der Waals surface area (Å²) in [6.45, 7) is 5.39. The van der Waals surface area contributed by atoms with Crippen molar-refractivity contribution in [3.8, 4) is 11.1 Å². The smallest absolute Gasteiger partial charge is 0.325 e. The first-order valence-electron chi connectivity index (χ1n) is 9.28. The zero-order valence-corrected chi connectivity index (χ0v) is 16.9. The first kappa shape index (κ1) is 20.2. The fourth-order valence-electron chi connectivity index (χ4n) is 3.21. The monoisotopic (exact) mass is 392 g/mol. The molecule has 1 amide bonds. The van der Waals surface area contributed by atoms with E-state index in [4.69, 9.17) is 9.84 Å². The number of nitrogens with one attached hydrogen (secondary N) is 2. The molecule has 0 fully saturated rings. The molecule has 0 saturated heterocycles. The summed E-state index contributed by atoms with van der Waals surface area (Å²) in [6, 6.07) is 11.4. The second kappa shape index (κ2) is 8.22. The Hall–Kier alpha value is -3.54. The van der Waals surface area contributed by atoms with Gasteiger partial charge in [0.1, 0.15) is 6.04 Å². The van der Waals surface area contributed by atoms with Crippen molar-refractivity contribution in [2.45, 2.75) is 26.8 Å². The number of carbonyl (C=O) groups excluding carboxylic acids is 1. The van der Waals surface area contributed by atoms with E-state index in [2.05, 4.69) is 34.6 Å². The van der Waals surface area contributed by atoms with Crippen molar-refractivity contribution in [3.63, 3.8) is 0 Å². The molecular formula is C23H24N2O4. The minimum atomic E-state index is -1.11. The number of hydrogen-bond acceptors (Lipinski definition) is 3. The minimum absolute atomic E-state index is 0.0575. The molecule has 3 rings (SSSR count). The molecule has 0 unspecified atom stereocenters. The van der Waals surface area contributed by atoms with E-state index in [1.54, 1.807) is 6.08 Å². The number of carboxylic acids is 1. The molecule has 0 radical (unpaired) electrons. The van der Waals surface area contributed by atoms with Crippen LogP contribution in [0, 0.1) is 13.8 Å². The van der Waals surface area contributed by atoms with Gasteiger partial charge in [0, 0.05) is 11.7 Å². The first-order valence-corrected chi connectivity index (χ1v) is 9.28. The molecule has 1 aromatic heterocycles. The normalized spacial score (nSPS) is 12.6. The molecule has 150 valence electrons. The van der Waals surface area contributed by atoms with E-state index < -0.39 is 17.9 Å². The summed E-state index contributed by atoms with van der Waals surface area (Å²) in [7, 11) is 1.39. The Morgan fingerprint density at radius 2 is 1.90 bits per heavy atom. The Morgan fingerprint density at radius 1 is 1.14 bits per heavy atom. The third-order valence-corrected chi connectivity index (χ3v) is 4.93. The average molecular weight is 392 g/mol. The van der Waals surface area contributed by atoms with Gasteiger partial charge in [-0.25, -0.2) is 0 Å². The van der Waals surface area contributed by atoms with E-state index in [0.29, 0.717) is 0 Å². The number of rotatable bonds is 6. The molecule has 6 heteroatoms. The van der Waals surface area contributed by atoms with Crippen LogP contribution in [0.25, 0.3) is 28.1 Å². The highest BCUT2D eigenvalue weighted by Crippen LogP contribution is 2.30. The van der Waals surface area contributed by atoms with Gasteiger partial charge in [0.25, 0.3) is 5.91 Å². The molecule has 0 saturated carbocycles. The van der Waals surface area contributed by atoms with Crippen molar-refractivity contribution in [1.82, 2.24) is 10.3 Å². The first-order chi connectivity index (χ1) is 13.8. The predicted octanol–water partition coefficient (Wildman–Crippen LogP) is 4.03. The van der Waals surface area contributed by atoms with Gasteiger partial charge in [-0.05, 0) is 78.2 Å². The van der Waals surface area contributed by atoms with Crippen molar-refractivity contribution in [3.05, 3.63) is 65.0 Å². The number of carbonyl (C=O) groups is 2. The quantitative estimate of drug-likeness (QED) is 0.436. The number of ether oxygens (including phenoxy) is 1. The molecule has 3 N–H and O–H groups in total. The molecular weight excluding hydrogens is 368 g/mol. The Balaban J connectivity index is 1.94. The molecule has 2 aromatic carbocycles. The largest absolute Gasteiger partial charge is 0.491 e. The standard InChI is InChI=1S/C23H24N2O4/c1-13-10-19(16-5-6-20-17(11-16)7-8-24-20)14(2)9-18(13)12-21(29-4)22(26)25-15(3)23(27)28/h5-12,15,24H,1-4H3,(H,25,26)(H,27,28)/b21-12-/t15-/m1/s1. The number of amides is 1. The molecule has 0 aliphatic heterocycles. The second-order valence-electron chi connectivity index (χ2n) is 7.05. The molecule has 1 atom stereocenters. The van der Waals surface area contributed by atoms with Gasteiger partial charge in [-0.1, -0.05) is 18.2 Å². The summed E-state index contributed by atoms with van der Waals surface area (Å²) in [5, 5.41) is 12.5. The summed E-state index contributed by atoms with van der Waals surface area (Å²) in [6.07, 6.45) is 3.55. The summed E-state index contributed by atoms with van der Waals surface area (Å²) in [4.78, 5) is 26.5. The number of benzene rings is 2. The molecule has 1 heterocycles. The summed E-state index contributed by atoms with van der Waals surface area (Å²) in [5.74, 6) is -1.62. The Kier molecular flexibility index (Phi) is 5.73. The summed E-state index contributed by atoms with van der Waals surface area (Å²) in [5.41, 5.74) is 6.21. The highest BCUT2D eigenvalue weighted by Gasteiger charge is 2.18. The fourth-order valence-corrected chi connectivity index (χ4v) is 3.21. The number of aryl methyl sites for hydroxylation is 2. The highest BCUT2D eigenvalue weighted by atomic mass is 16.5. The van der Waals surface area contributed by atoms with Gasteiger partial charge in [0.05, 0.1) is 7.11 Å². The van der Waals surface area contributed by atoms with Crippen LogP contribution >= 0.6 is 0 Å². The van der Waals surface area contributed by atoms with Gasteiger partial charge in [-0.3, -0.25) is 9.59 Å². The van der Waals surface area contributed by atoms with Gasteiger partial charge < -0.3 is 20.1 Å². The zero-order chi connectivity index (χ0) is 21.1. The predicted molar refractivity (Wildman–Crippen MR) is 113 cm³/mol. The van der Waals surface area contributed by atoms with Gasteiger partial charge >= 0.3 is 5.97 Å². The summed E-state index contributed by atoms with van der Waals surface area (Å²) >= 11 is 0. The Morgan fingerprint density at radius 3 is 2.59 bits per heavy atom. The van der Waals surface area contributed by atoms with E-state index in [-0.39, 0.29) is 5.76 Å². The number of methoxy groups -OCH3 is 1. The van der Waals surface area contributed by atoms with Crippen molar-refractivity contribution in [2.75, 3.05) is 7.11 Å². The Labute approximate surface area is 169 Å². The maximum Gasteiger partial charge on any atom is 0.325 e. The lowest BCUT2D eigenvalue weighted by molar-refractivity contribution is -0.141. The van der Waals surface area contributed by atoms with Crippen LogP contribution in [0.5, 0.6) is 0 Å². The average Bonchev–Trinajstić information content (AvgIpc) is 3.15. The maximum absolute atomic E-state index is 12.3. The lowest BCUT2D eigenvalue weighted by atomic mass is 9.94. The number of carboxylic acid groups (broad SMARTS) is 1. The van der Waals surface area contributed by atoms with E-state index in [1.165, 1.54) is 14.0 Å². The molecule has 0 aliphatic rings. The third-order valence-electron chi connectivity index (χ3n) is 4.93. The van der Waals surface area contributed by atoms with Crippen LogP contribution in [-0.2, 0) is 14.3 Å². The molecule has 0 bridgehead atoms. The SMILES string of the molecule is CO/C(=C\c1cc(C)c(-c2ccc3[nH]ccc3c2)cc1C)C(=O)N[C@H](C)C(=O)O. The van der Waals surface area contributed by atoms with Crippen LogP contribution in [-0.4, -0.2) is 35.1 Å². The second-order valence-corrected chi connectivity index (χ2v) is 7.05. The van der Waals surface area contributed by atoms with Crippen molar-refractivity contribution < 1.29 is 19.4 Å². The molecule has 6 nitrogen and oxygen atoms in total. The number of H-pyrrole nitrogens is 1. The van der Waals surface area contributed by atoms with Gasteiger partial charge in [-0.2, -0.15) is 0 Å². The number of aliphatic carboxylic acids is 1. The minimum Gasteiger partial charge on any atom is -0.491 e. The number of hydrogen-bond donors (Lipinski definition) is 3. The van der Waals surface area contributed by atoms with Crippen LogP contribution in [0.15, 0.2) is 48.4 Å². The lowest BCUT2D eigenvalue weighted by Crippen LogP contribution is -2.39. The van der Waals surface area contributed by atoms with Crippen molar-refractivity contribution in [1.29, 1.82) is 0 Å². The van der Waals surface area contributed by atoms with Crippen LogP contribution in [0.1, 0.15) is 23.6 Å². The zero-order valence-electron chi connectivity index (χ0n) is 16.9. The van der Waals surface area contributed by atoms with Gasteiger partial charge in [0.2, 0.25) is 0 Å². The van der Waals surface area contributed by atoms with Crippen LogP contribution in [0.3, 0.4) is 0 Å². The maximum atomic E-state index is 12.3. The van der Waals surface area contributed by atoms with Crippen LogP contribution < -0.4 is 5.32 Å². The molecule has 0 spiro atoms. The third kappa shape index (κ3) is 4.32. The van der Waals surface area contributed by atoms with Crippen molar-refractivity contribution >= 4 is 28.9 Å². The number of aromatic amines is 1. The van der Waals surface area contributed by atoms with E-state index >= 15 is 0 Å². The van der Waals surface area contributed by atoms with E-state index in [9.17, 15) is 9.59 Å². The van der Waals surface area contributed by atoms with Crippen LogP contribution in [0.2, 0.25) is 0 Å². The van der Waals surface area contributed by atoms with E-state index in [1.807, 2.05) is 32.2 Å². The molecule has 0 aliphatic carbocycles. The summed E-state index contributed by atoms with van der Waals surface area (Å²) < 4.78 is 5.20. The van der Waals surface area contributed by atoms with Crippen molar-refractivity contribution in [2.24, 2.45) is 0 Å². The van der Waals surface area contributed by atoms with E-state index in [0.717, 1.165) is 38.7 Å². The number of aromatic nitrogens is 1. The van der Waals surface area contributed by atoms with Crippen LogP contribution in [0.4, 0.5) is 0 Å².